The molecule has 0 amide bonds. The van der Waals surface area contributed by atoms with Crippen LogP contribution in [-0.2, 0) is 5.54 Å². The Bertz CT molecular complexity index is 619. The number of rotatable bonds is 1. The molecule has 0 aliphatic heterocycles. The van der Waals surface area contributed by atoms with Gasteiger partial charge in [-0.15, -0.1) is 0 Å². The fourth-order valence-electron chi connectivity index (χ4n) is 2.64. The van der Waals surface area contributed by atoms with Gasteiger partial charge in [-0.05, 0) is 12.1 Å². The van der Waals surface area contributed by atoms with Gasteiger partial charge in [-0.2, -0.15) is 0 Å². The number of fused-ring (bicyclic) bond motifs is 1. The number of nitrogens with zero attached hydrogens (tertiary/aromatic N) is 1. The number of hydrogen-bond acceptors (Lipinski definition) is 2. The molecular formula is C13H11ClF2N2. The quantitative estimate of drug-likeness (QED) is 0.860. The van der Waals surface area contributed by atoms with E-state index in [0.29, 0.717) is 16.1 Å². The van der Waals surface area contributed by atoms with Crippen LogP contribution in [0.15, 0.2) is 30.5 Å². The highest BCUT2D eigenvalue weighted by atomic mass is 35.5. The van der Waals surface area contributed by atoms with Crippen molar-refractivity contribution in [1.29, 1.82) is 0 Å². The molecule has 1 fully saturated rings. The van der Waals surface area contributed by atoms with Crippen molar-refractivity contribution in [3.63, 3.8) is 0 Å². The van der Waals surface area contributed by atoms with Gasteiger partial charge in [0.2, 0.25) is 0 Å². The number of halogens is 3. The van der Waals surface area contributed by atoms with Gasteiger partial charge in [0.05, 0.1) is 11.1 Å². The topological polar surface area (TPSA) is 38.9 Å². The predicted octanol–water partition coefficient (Wildman–Crippen LogP) is 3.47. The van der Waals surface area contributed by atoms with E-state index in [0.717, 1.165) is 5.39 Å². The van der Waals surface area contributed by atoms with E-state index in [1.807, 2.05) is 12.1 Å². The Labute approximate surface area is 108 Å². The maximum absolute atomic E-state index is 13.1. The van der Waals surface area contributed by atoms with Crippen LogP contribution in [0, 0.1) is 0 Å². The van der Waals surface area contributed by atoms with Gasteiger partial charge in [0, 0.05) is 35.0 Å². The zero-order chi connectivity index (χ0) is 13.0. The van der Waals surface area contributed by atoms with Crippen molar-refractivity contribution in [2.45, 2.75) is 24.3 Å². The number of hydrogen-bond donors (Lipinski definition) is 1. The Morgan fingerprint density at radius 1 is 1.22 bits per heavy atom. The third kappa shape index (κ3) is 1.68. The highest BCUT2D eigenvalue weighted by Gasteiger charge is 2.56. The Morgan fingerprint density at radius 2 is 1.94 bits per heavy atom. The normalized spacial score (nSPS) is 20.7. The molecular weight excluding hydrogens is 258 g/mol. The van der Waals surface area contributed by atoms with E-state index < -0.39 is 11.5 Å². The van der Waals surface area contributed by atoms with E-state index in [4.69, 9.17) is 17.3 Å². The average molecular weight is 269 g/mol. The summed E-state index contributed by atoms with van der Waals surface area (Å²) in [5.74, 6) is -2.70. The summed E-state index contributed by atoms with van der Waals surface area (Å²) in [7, 11) is 0. The Balaban J connectivity index is 2.20. The Morgan fingerprint density at radius 3 is 2.61 bits per heavy atom. The molecule has 0 unspecified atom stereocenters. The minimum Gasteiger partial charge on any atom is -0.321 e. The van der Waals surface area contributed by atoms with E-state index >= 15 is 0 Å². The van der Waals surface area contributed by atoms with Crippen molar-refractivity contribution >= 4 is 22.5 Å². The van der Waals surface area contributed by atoms with Gasteiger partial charge in [-0.3, -0.25) is 4.98 Å². The summed E-state index contributed by atoms with van der Waals surface area (Å²) in [6.45, 7) is 0. The van der Waals surface area contributed by atoms with E-state index in [2.05, 4.69) is 4.98 Å². The summed E-state index contributed by atoms with van der Waals surface area (Å²) < 4.78 is 26.2. The maximum atomic E-state index is 13.1. The molecule has 1 saturated carbocycles. The predicted molar refractivity (Wildman–Crippen MR) is 66.8 cm³/mol. The lowest BCUT2D eigenvalue weighted by Crippen LogP contribution is -2.55. The zero-order valence-corrected chi connectivity index (χ0v) is 10.2. The van der Waals surface area contributed by atoms with Crippen molar-refractivity contribution < 1.29 is 8.78 Å². The molecule has 2 N–H and O–H groups in total. The minimum atomic E-state index is -2.70. The molecule has 1 aliphatic carbocycles. The first kappa shape index (κ1) is 11.8. The second-order valence-corrected chi connectivity index (χ2v) is 5.27. The lowest BCUT2D eigenvalue weighted by atomic mass is 9.69. The molecule has 1 aliphatic rings. The van der Waals surface area contributed by atoms with Crippen LogP contribution >= 0.6 is 11.6 Å². The van der Waals surface area contributed by atoms with E-state index in [9.17, 15) is 8.78 Å². The van der Waals surface area contributed by atoms with E-state index in [1.165, 1.54) is 0 Å². The van der Waals surface area contributed by atoms with Crippen molar-refractivity contribution in [3.8, 4) is 0 Å². The summed E-state index contributed by atoms with van der Waals surface area (Å²) in [5, 5.41) is 1.26. The van der Waals surface area contributed by atoms with Gasteiger partial charge in [0.1, 0.15) is 0 Å². The van der Waals surface area contributed by atoms with Crippen molar-refractivity contribution in [2.24, 2.45) is 5.73 Å². The molecule has 18 heavy (non-hydrogen) atoms. The molecule has 1 heterocycles. The molecule has 3 rings (SSSR count). The molecule has 1 aromatic carbocycles. The SMILES string of the molecule is NC1(c2c(Cl)ccc3cccnc23)CC(F)(F)C1. The van der Waals surface area contributed by atoms with Gasteiger partial charge < -0.3 is 5.73 Å². The summed E-state index contributed by atoms with van der Waals surface area (Å²) in [6.07, 6.45) is 0.854. The zero-order valence-electron chi connectivity index (χ0n) is 9.46. The second kappa shape index (κ2) is 3.62. The molecule has 0 atom stereocenters. The van der Waals surface area contributed by atoms with Crippen molar-refractivity contribution in [1.82, 2.24) is 4.98 Å². The standard InChI is InChI=1S/C13H11ClF2N2/c14-9-4-3-8-2-1-5-18-11(8)10(9)12(17)6-13(15,16)7-12/h1-5H,6-7,17H2. The van der Waals surface area contributed by atoms with Gasteiger partial charge >= 0.3 is 0 Å². The molecule has 1 aromatic heterocycles. The van der Waals surface area contributed by atoms with Crippen LogP contribution in [0.4, 0.5) is 8.78 Å². The van der Waals surface area contributed by atoms with Gasteiger partial charge in [-0.1, -0.05) is 23.7 Å². The second-order valence-electron chi connectivity index (χ2n) is 4.86. The van der Waals surface area contributed by atoms with Crippen LogP contribution in [0.5, 0.6) is 0 Å². The molecule has 2 nitrogen and oxygen atoms in total. The Hall–Kier alpha value is -1.26. The largest absolute Gasteiger partial charge is 0.321 e. The highest BCUT2D eigenvalue weighted by Crippen LogP contribution is 2.52. The van der Waals surface area contributed by atoms with Crippen LogP contribution in [0.25, 0.3) is 10.9 Å². The minimum absolute atomic E-state index is 0.380. The summed E-state index contributed by atoms with van der Waals surface area (Å²) >= 11 is 6.13. The third-order valence-corrected chi connectivity index (χ3v) is 3.68. The molecule has 0 bridgehead atoms. The fourth-order valence-corrected chi connectivity index (χ4v) is 2.98. The monoisotopic (exact) mass is 268 g/mol. The number of benzene rings is 1. The average Bonchev–Trinajstić information content (AvgIpc) is 2.25. The maximum Gasteiger partial charge on any atom is 0.252 e. The molecule has 0 radical (unpaired) electrons. The first-order chi connectivity index (χ1) is 8.41. The first-order valence-electron chi connectivity index (χ1n) is 5.62. The summed E-state index contributed by atoms with van der Waals surface area (Å²) in [4.78, 5) is 4.23. The smallest absolute Gasteiger partial charge is 0.252 e. The third-order valence-electron chi connectivity index (χ3n) is 3.37. The van der Waals surface area contributed by atoms with Crippen LogP contribution in [0.1, 0.15) is 18.4 Å². The van der Waals surface area contributed by atoms with Crippen LogP contribution < -0.4 is 5.73 Å². The lowest BCUT2D eigenvalue weighted by molar-refractivity contribution is -0.124. The summed E-state index contributed by atoms with van der Waals surface area (Å²) in [6, 6.07) is 7.15. The van der Waals surface area contributed by atoms with Crippen LogP contribution in [0.3, 0.4) is 0 Å². The number of pyridine rings is 1. The van der Waals surface area contributed by atoms with E-state index in [-0.39, 0.29) is 12.8 Å². The van der Waals surface area contributed by atoms with E-state index in [1.54, 1.807) is 18.3 Å². The number of alkyl halides is 2. The first-order valence-corrected chi connectivity index (χ1v) is 6.00. The number of nitrogens with two attached hydrogens (primary N) is 1. The lowest BCUT2D eigenvalue weighted by Gasteiger charge is -2.45. The summed E-state index contributed by atoms with van der Waals surface area (Å²) in [5.41, 5.74) is 6.14. The van der Waals surface area contributed by atoms with Gasteiger partial charge in [-0.25, -0.2) is 8.78 Å². The van der Waals surface area contributed by atoms with Crippen LogP contribution in [0.2, 0.25) is 5.02 Å². The molecule has 5 heteroatoms. The van der Waals surface area contributed by atoms with Crippen LogP contribution in [-0.4, -0.2) is 10.9 Å². The number of aromatic nitrogens is 1. The highest BCUT2D eigenvalue weighted by molar-refractivity contribution is 6.32. The van der Waals surface area contributed by atoms with Gasteiger partial charge in [0.15, 0.2) is 0 Å². The molecule has 0 spiro atoms. The molecule has 2 aromatic rings. The fraction of sp³-hybridized carbons (Fsp3) is 0.308. The Kier molecular flexibility index (Phi) is 2.37. The van der Waals surface area contributed by atoms with Gasteiger partial charge in [0.25, 0.3) is 5.92 Å². The molecule has 94 valence electrons. The molecule has 0 saturated heterocycles. The van der Waals surface area contributed by atoms with Crippen molar-refractivity contribution in [2.75, 3.05) is 0 Å². The van der Waals surface area contributed by atoms with Crippen molar-refractivity contribution in [3.05, 3.63) is 41.0 Å².